The molecule has 69 heavy (non-hydrogen) atoms. The van der Waals surface area contributed by atoms with Crippen LogP contribution in [0.1, 0.15) is 5.56 Å². The van der Waals surface area contributed by atoms with Gasteiger partial charge in [0.1, 0.15) is 0 Å². The lowest BCUT2D eigenvalue weighted by Crippen LogP contribution is -2.10. The molecule has 13 aromatic rings. The summed E-state index contributed by atoms with van der Waals surface area (Å²) >= 11 is 0. The summed E-state index contributed by atoms with van der Waals surface area (Å²) in [6.07, 6.45) is 0. The second kappa shape index (κ2) is 16.7. The van der Waals surface area contributed by atoms with Crippen molar-refractivity contribution in [2.45, 2.75) is 6.92 Å². The second-order valence-corrected chi connectivity index (χ2v) is 18.2. The van der Waals surface area contributed by atoms with E-state index in [4.69, 9.17) is 0 Å². The molecule has 0 aliphatic heterocycles. The van der Waals surface area contributed by atoms with Crippen LogP contribution < -0.4 is 4.90 Å². The van der Waals surface area contributed by atoms with Gasteiger partial charge in [-0.1, -0.05) is 194 Å². The van der Waals surface area contributed by atoms with Crippen LogP contribution in [0.25, 0.3) is 104 Å². The Labute approximate surface area is 402 Å². The van der Waals surface area contributed by atoms with E-state index < -0.39 is 0 Å². The van der Waals surface area contributed by atoms with Crippen LogP contribution in [0.4, 0.5) is 17.1 Å². The second-order valence-electron chi connectivity index (χ2n) is 18.2. The number of hydrogen-bond donors (Lipinski definition) is 0. The van der Waals surface area contributed by atoms with Crippen molar-refractivity contribution in [2.75, 3.05) is 4.90 Å². The van der Waals surface area contributed by atoms with Crippen LogP contribution in [0.5, 0.6) is 0 Å². The average molecular weight is 879 g/mol. The number of fused-ring (bicyclic) bond motifs is 6. The first-order valence-corrected chi connectivity index (χ1v) is 23.8. The molecular formula is C67H46N2. The molecule has 13 rings (SSSR count). The Balaban J connectivity index is 0.992. The van der Waals surface area contributed by atoms with Crippen LogP contribution in [0.3, 0.4) is 0 Å². The van der Waals surface area contributed by atoms with E-state index in [0.29, 0.717) is 0 Å². The third-order valence-corrected chi connectivity index (χ3v) is 14.0. The molecule has 0 N–H and O–H groups in total. The minimum atomic E-state index is 1.08. The normalized spacial score (nSPS) is 11.6. The van der Waals surface area contributed by atoms with E-state index in [1.165, 1.54) is 104 Å². The Hall–Kier alpha value is -8.98. The van der Waals surface area contributed by atoms with E-state index in [1.807, 2.05) is 0 Å². The molecule has 0 bridgehead atoms. The molecule has 1 heterocycles. The maximum absolute atomic E-state index is 2.41. The van der Waals surface area contributed by atoms with E-state index in [2.05, 4.69) is 277 Å². The molecule has 0 amide bonds. The first-order chi connectivity index (χ1) is 34.1. The van der Waals surface area contributed by atoms with Crippen LogP contribution in [0.2, 0.25) is 0 Å². The number of anilines is 3. The highest BCUT2D eigenvalue weighted by atomic mass is 15.1. The Morgan fingerprint density at radius 3 is 1.30 bits per heavy atom. The van der Waals surface area contributed by atoms with Crippen molar-refractivity contribution in [1.82, 2.24) is 4.57 Å². The fourth-order valence-corrected chi connectivity index (χ4v) is 10.7. The van der Waals surface area contributed by atoms with Crippen LogP contribution in [-0.4, -0.2) is 4.57 Å². The monoisotopic (exact) mass is 878 g/mol. The van der Waals surface area contributed by atoms with Gasteiger partial charge in [0.05, 0.1) is 11.0 Å². The van der Waals surface area contributed by atoms with Gasteiger partial charge in [-0.2, -0.15) is 0 Å². The molecule has 2 heteroatoms. The third-order valence-electron chi connectivity index (χ3n) is 14.0. The number of nitrogens with zero attached hydrogens (tertiary/aromatic N) is 2. The van der Waals surface area contributed by atoms with Gasteiger partial charge in [-0.3, -0.25) is 0 Å². The van der Waals surface area contributed by atoms with E-state index >= 15 is 0 Å². The number of para-hydroxylation sites is 1. The number of rotatable bonds is 8. The zero-order valence-corrected chi connectivity index (χ0v) is 38.2. The van der Waals surface area contributed by atoms with Crippen molar-refractivity contribution in [3.8, 4) is 50.2 Å². The fourth-order valence-electron chi connectivity index (χ4n) is 10.7. The van der Waals surface area contributed by atoms with Crippen LogP contribution in [0, 0.1) is 6.92 Å². The summed E-state index contributed by atoms with van der Waals surface area (Å²) in [6.45, 7) is 2.14. The molecule has 0 saturated carbocycles. The Bertz CT molecular complexity index is 3980. The lowest BCUT2D eigenvalue weighted by molar-refractivity contribution is 1.18. The first-order valence-electron chi connectivity index (χ1n) is 23.8. The highest BCUT2D eigenvalue weighted by Gasteiger charge is 2.21. The maximum atomic E-state index is 2.41. The van der Waals surface area contributed by atoms with Crippen molar-refractivity contribution >= 4 is 71.2 Å². The lowest BCUT2D eigenvalue weighted by Gasteiger charge is -2.26. The molecule has 0 unspecified atom stereocenters. The molecule has 0 fully saturated rings. The van der Waals surface area contributed by atoms with Crippen molar-refractivity contribution in [1.29, 1.82) is 0 Å². The molecule has 12 aromatic carbocycles. The molecule has 0 radical (unpaired) electrons. The predicted molar refractivity (Wildman–Crippen MR) is 294 cm³/mol. The summed E-state index contributed by atoms with van der Waals surface area (Å²) in [5, 5.41) is 9.90. The fraction of sp³-hybridized carbons (Fsp3) is 0.0149. The number of aryl methyl sites for hydroxylation is 1. The SMILES string of the molecule is Cc1ccc(-c2ccc3c(c2)c2cc(N(c4ccc(-c5ccc6ccccc6c5)cc4)c4ccc(-c5c6ccccc6c(-c6ccccc6)c6ccccc56)cc4)ccc2n3-c2ccccc2)cc1. The molecule has 324 valence electrons. The quantitative estimate of drug-likeness (QED) is 0.138. The maximum Gasteiger partial charge on any atom is 0.0542 e. The number of benzene rings is 12. The molecule has 0 atom stereocenters. The molecule has 1 aromatic heterocycles. The van der Waals surface area contributed by atoms with Gasteiger partial charge < -0.3 is 9.47 Å². The molecule has 0 aliphatic rings. The van der Waals surface area contributed by atoms with E-state index in [1.54, 1.807) is 0 Å². The topological polar surface area (TPSA) is 8.17 Å². The van der Waals surface area contributed by atoms with Gasteiger partial charge in [0.25, 0.3) is 0 Å². The molecule has 0 spiro atoms. The summed E-state index contributed by atoms with van der Waals surface area (Å²) < 4.78 is 2.41. The number of aromatic nitrogens is 1. The molecule has 0 aliphatic carbocycles. The average Bonchev–Trinajstić information content (AvgIpc) is 3.74. The largest absolute Gasteiger partial charge is 0.310 e. The summed E-state index contributed by atoms with van der Waals surface area (Å²) in [5.41, 5.74) is 17.7. The third kappa shape index (κ3) is 7.05. The van der Waals surface area contributed by atoms with Gasteiger partial charge in [0.2, 0.25) is 0 Å². The molecular weight excluding hydrogens is 833 g/mol. The standard InChI is InChI=1S/C67H46N2/c1-45-24-26-47(27-25-45)53-34-40-64-62(43-53)63-44-57(39-41-65(63)69(64)54-18-6-3-7-19-54)68(55-35-30-48(31-36-55)52-29-28-46-14-8-9-17-51(46)42-52)56-37-32-50(33-38-56)67-60-22-12-10-20-58(60)66(49-15-4-2-5-16-49)59-21-11-13-23-61(59)67/h2-44H,1H3. The number of hydrogen-bond acceptors (Lipinski definition) is 1. The zero-order chi connectivity index (χ0) is 45.8. The highest BCUT2D eigenvalue weighted by Crippen LogP contribution is 2.46. The minimum Gasteiger partial charge on any atom is -0.310 e. The van der Waals surface area contributed by atoms with Gasteiger partial charge in [0, 0.05) is 33.5 Å². The van der Waals surface area contributed by atoms with E-state index in [0.717, 1.165) is 22.7 Å². The molecule has 2 nitrogen and oxygen atoms in total. The van der Waals surface area contributed by atoms with E-state index in [9.17, 15) is 0 Å². The summed E-state index contributed by atoms with van der Waals surface area (Å²) in [5.74, 6) is 0. The van der Waals surface area contributed by atoms with Gasteiger partial charge in [-0.15, -0.1) is 0 Å². The van der Waals surface area contributed by atoms with E-state index in [-0.39, 0.29) is 0 Å². The lowest BCUT2D eigenvalue weighted by atomic mass is 9.86. The zero-order valence-electron chi connectivity index (χ0n) is 38.2. The smallest absolute Gasteiger partial charge is 0.0542 e. The van der Waals surface area contributed by atoms with Crippen LogP contribution in [0.15, 0.2) is 261 Å². The minimum absolute atomic E-state index is 1.08. The summed E-state index contributed by atoms with van der Waals surface area (Å²) in [4.78, 5) is 2.41. The van der Waals surface area contributed by atoms with Crippen molar-refractivity contribution in [3.63, 3.8) is 0 Å². The van der Waals surface area contributed by atoms with Crippen molar-refractivity contribution < 1.29 is 0 Å². The highest BCUT2D eigenvalue weighted by molar-refractivity contribution is 6.21. The first kappa shape index (κ1) is 40.3. The van der Waals surface area contributed by atoms with Gasteiger partial charge in [-0.25, -0.2) is 0 Å². The summed E-state index contributed by atoms with van der Waals surface area (Å²) in [7, 11) is 0. The Morgan fingerprint density at radius 1 is 0.275 bits per heavy atom. The Morgan fingerprint density at radius 2 is 0.696 bits per heavy atom. The predicted octanol–water partition coefficient (Wildman–Crippen LogP) is 18.7. The van der Waals surface area contributed by atoms with Gasteiger partial charge in [0.15, 0.2) is 0 Å². The van der Waals surface area contributed by atoms with Gasteiger partial charge >= 0.3 is 0 Å². The Kier molecular flexibility index (Phi) is 9.77. The van der Waals surface area contributed by atoms with Crippen molar-refractivity contribution in [3.05, 3.63) is 266 Å². The van der Waals surface area contributed by atoms with Crippen molar-refractivity contribution in [2.24, 2.45) is 0 Å². The summed E-state index contributed by atoms with van der Waals surface area (Å²) in [6, 6.07) is 95.7. The van der Waals surface area contributed by atoms with Crippen LogP contribution in [-0.2, 0) is 0 Å². The molecule has 0 saturated heterocycles. The van der Waals surface area contributed by atoms with Gasteiger partial charge in [-0.05, 0) is 157 Å². The van der Waals surface area contributed by atoms with Crippen LogP contribution >= 0.6 is 0 Å².